The maximum Gasteiger partial charge on any atom is 0.128 e. The van der Waals surface area contributed by atoms with E-state index < -0.39 is 0 Å². The van der Waals surface area contributed by atoms with Gasteiger partial charge in [-0.3, -0.25) is 0 Å². The fourth-order valence-electron chi connectivity index (χ4n) is 2.71. The summed E-state index contributed by atoms with van der Waals surface area (Å²) in [6.45, 7) is 6.20. The van der Waals surface area contributed by atoms with Gasteiger partial charge in [0.2, 0.25) is 0 Å². The largest absolute Gasteiger partial charge is 1.00 e. The molecule has 0 aliphatic heterocycles. The molecule has 0 heterocycles. The Bertz CT molecular complexity index is 238. The highest BCUT2D eigenvalue weighted by Crippen LogP contribution is 2.11. The zero-order valence-electron chi connectivity index (χ0n) is 16.8. The highest BCUT2D eigenvalue weighted by molar-refractivity contribution is 4.47. The van der Waals surface area contributed by atoms with Gasteiger partial charge in [-0.15, -0.1) is 0 Å². The van der Waals surface area contributed by atoms with Crippen molar-refractivity contribution in [3.8, 4) is 0 Å². The van der Waals surface area contributed by atoms with E-state index in [1.54, 1.807) is 0 Å². The van der Waals surface area contributed by atoms with Crippen LogP contribution >= 0.6 is 0 Å². The molecule has 0 rings (SSSR count). The maximum atomic E-state index is 2.39. The highest BCUT2D eigenvalue weighted by atomic mass is 35.5. The molecule has 0 aliphatic carbocycles. The maximum absolute atomic E-state index is 2.39. The molecule has 0 aromatic heterocycles. The standard InChI is InChI=1S/C19H44N2.2ClH/c1-7-8-9-10-11-12-13-14-15-16-17-21(5,6)19-18-20(2,3)4;;/h7-19H2,1-6H3;2*1H/q+2;;/p-2. The number of likely N-dealkylation sites (N-methyl/N-ethyl adjacent to an activating group) is 2. The molecular weight excluding hydrogens is 327 g/mol. The Kier molecular flexibility index (Phi) is 19.7. The molecule has 23 heavy (non-hydrogen) atoms. The quantitative estimate of drug-likeness (QED) is 0.263. The Hall–Kier alpha value is 0.500. The van der Waals surface area contributed by atoms with Crippen molar-refractivity contribution in [3.63, 3.8) is 0 Å². The van der Waals surface area contributed by atoms with E-state index in [9.17, 15) is 0 Å². The Balaban J connectivity index is -0.00000200. The highest BCUT2D eigenvalue weighted by Gasteiger charge is 2.18. The summed E-state index contributed by atoms with van der Waals surface area (Å²) >= 11 is 0. The van der Waals surface area contributed by atoms with E-state index in [1.807, 2.05) is 0 Å². The average Bonchev–Trinajstić information content (AvgIpc) is 2.38. The van der Waals surface area contributed by atoms with Crippen LogP contribution in [0.2, 0.25) is 0 Å². The molecule has 0 spiro atoms. The van der Waals surface area contributed by atoms with Crippen molar-refractivity contribution in [3.05, 3.63) is 0 Å². The van der Waals surface area contributed by atoms with Crippen molar-refractivity contribution in [2.24, 2.45) is 0 Å². The summed E-state index contributed by atoms with van der Waals surface area (Å²) in [5.41, 5.74) is 0. The molecule has 0 amide bonds. The van der Waals surface area contributed by atoms with Gasteiger partial charge in [-0.25, -0.2) is 0 Å². The first-order chi connectivity index (χ1) is 9.77. The minimum atomic E-state index is 0. The van der Waals surface area contributed by atoms with Gasteiger partial charge in [-0.05, 0) is 12.8 Å². The molecule has 0 atom stereocenters. The van der Waals surface area contributed by atoms with E-state index in [-0.39, 0.29) is 24.8 Å². The molecule has 4 heteroatoms. The second-order valence-corrected chi connectivity index (χ2v) is 8.58. The fourth-order valence-corrected chi connectivity index (χ4v) is 2.71. The molecule has 2 nitrogen and oxygen atoms in total. The van der Waals surface area contributed by atoms with Crippen LogP contribution < -0.4 is 24.8 Å². The minimum absolute atomic E-state index is 0. The number of nitrogens with zero attached hydrogens (tertiary/aromatic N) is 2. The SMILES string of the molecule is CCCCCCCCCCCC[N+](C)(C)CC[N+](C)(C)C.[Cl-].[Cl-]. The van der Waals surface area contributed by atoms with Crippen LogP contribution in [0.1, 0.15) is 71.1 Å². The average molecular weight is 371 g/mol. The van der Waals surface area contributed by atoms with Gasteiger partial charge in [0, 0.05) is 0 Å². The summed E-state index contributed by atoms with van der Waals surface area (Å²) in [7, 11) is 11.7. The normalized spacial score (nSPS) is 11.7. The van der Waals surface area contributed by atoms with E-state index in [4.69, 9.17) is 0 Å². The predicted octanol–water partition coefficient (Wildman–Crippen LogP) is -1.30. The molecule has 0 N–H and O–H groups in total. The Morgan fingerprint density at radius 2 is 0.870 bits per heavy atom. The van der Waals surface area contributed by atoms with Gasteiger partial charge in [-0.1, -0.05) is 58.3 Å². The second kappa shape index (κ2) is 16.0. The van der Waals surface area contributed by atoms with E-state index >= 15 is 0 Å². The number of quaternary nitrogens is 2. The third-order valence-corrected chi connectivity index (χ3v) is 4.49. The molecule has 0 radical (unpaired) electrons. The van der Waals surface area contributed by atoms with Crippen LogP contribution in [0.4, 0.5) is 0 Å². The lowest BCUT2D eigenvalue weighted by Crippen LogP contribution is -3.00. The monoisotopic (exact) mass is 370 g/mol. The molecule has 0 saturated heterocycles. The second-order valence-electron chi connectivity index (χ2n) is 8.58. The number of hydrogen-bond donors (Lipinski definition) is 0. The van der Waals surface area contributed by atoms with Crippen molar-refractivity contribution in [1.29, 1.82) is 0 Å². The van der Waals surface area contributed by atoms with Crippen LogP contribution in [-0.4, -0.2) is 63.8 Å². The van der Waals surface area contributed by atoms with Crippen LogP contribution in [-0.2, 0) is 0 Å². The van der Waals surface area contributed by atoms with Crippen molar-refractivity contribution in [2.45, 2.75) is 71.1 Å². The summed E-state index contributed by atoms with van der Waals surface area (Å²) in [6.07, 6.45) is 14.4. The van der Waals surface area contributed by atoms with E-state index in [0.29, 0.717) is 0 Å². The van der Waals surface area contributed by atoms with Crippen molar-refractivity contribution in [2.75, 3.05) is 54.9 Å². The Labute approximate surface area is 160 Å². The predicted molar refractivity (Wildman–Crippen MR) is 96.6 cm³/mol. The van der Waals surface area contributed by atoms with Gasteiger partial charge in [0.15, 0.2) is 0 Å². The van der Waals surface area contributed by atoms with Crippen molar-refractivity contribution in [1.82, 2.24) is 0 Å². The minimum Gasteiger partial charge on any atom is -1.00 e. The molecule has 0 aromatic carbocycles. The molecule has 0 unspecified atom stereocenters. The van der Waals surface area contributed by atoms with Crippen LogP contribution in [0.5, 0.6) is 0 Å². The smallest absolute Gasteiger partial charge is 0.128 e. The van der Waals surface area contributed by atoms with E-state index in [0.717, 1.165) is 4.48 Å². The van der Waals surface area contributed by atoms with Gasteiger partial charge in [0.25, 0.3) is 0 Å². The molecule has 144 valence electrons. The molecule has 0 fully saturated rings. The number of unbranched alkanes of at least 4 members (excludes halogenated alkanes) is 9. The zero-order valence-corrected chi connectivity index (χ0v) is 18.4. The lowest BCUT2D eigenvalue weighted by atomic mass is 10.1. The van der Waals surface area contributed by atoms with Crippen LogP contribution in [0, 0.1) is 0 Å². The Morgan fingerprint density at radius 1 is 0.478 bits per heavy atom. The first kappa shape index (κ1) is 28.3. The summed E-state index contributed by atoms with van der Waals surface area (Å²) in [4.78, 5) is 0. The lowest BCUT2D eigenvalue weighted by Gasteiger charge is -2.33. The molecule has 0 saturated carbocycles. The van der Waals surface area contributed by atoms with E-state index in [1.165, 1.54) is 88.3 Å². The van der Waals surface area contributed by atoms with Gasteiger partial charge in [0.1, 0.15) is 13.1 Å². The third-order valence-electron chi connectivity index (χ3n) is 4.49. The molecule has 0 aliphatic rings. The van der Waals surface area contributed by atoms with Crippen LogP contribution in [0.3, 0.4) is 0 Å². The van der Waals surface area contributed by atoms with Crippen LogP contribution in [0.25, 0.3) is 0 Å². The summed E-state index contributed by atoms with van der Waals surface area (Å²) in [5, 5.41) is 0. The van der Waals surface area contributed by atoms with Crippen molar-refractivity contribution >= 4 is 0 Å². The van der Waals surface area contributed by atoms with Crippen LogP contribution in [0.15, 0.2) is 0 Å². The third kappa shape index (κ3) is 22.5. The number of hydrogen-bond acceptors (Lipinski definition) is 0. The summed E-state index contributed by atoms with van der Waals surface area (Å²) in [6, 6.07) is 0. The lowest BCUT2D eigenvalue weighted by molar-refractivity contribution is -0.937. The molecule has 0 bridgehead atoms. The summed E-state index contributed by atoms with van der Waals surface area (Å²) < 4.78 is 2.27. The van der Waals surface area contributed by atoms with Gasteiger partial charge in [0.05, 0.1) is 41.8 Å². The Morgan fingerprint density at radius 3 is 1.26 bits per heavy atom. The zero-order chi connectivity index (χ0) is 16.2. The van der Waals surface area contributed by atoms with Gasteiger partial charge in [-0.2, -0.15) is 0 Å². The van der Waals surface area contributed by atoms with Crippen molar-refractivity contribution < 1.29 is 33.8 Å². The molecular formula is C19H44Cl2N2. The molecule has 0 aromatic rings. The fraction of sp³-hybridized carbons (Fsp3) is 1.00. The topological polar surface area (TPSA) is 0 Å². The number of rotatable bonds is 14. The van der Waals surface area contributed by atoms with Gasteiger partial charge < -0.3 is 33.8 Å². The first-order valence-electron chi connectivity index (χ1n) is 9.39. The van der Waals surface area contributed by atoms with Gasteiger partial charge >= 0.3 is 0 Å². The first-order valence-corrected chi connectivity index (χ1v) is 9.39. The number of halogens is 2. The summed E-state index contributed by atoms with van der Waals surface area (Å²) in [5.74, 6) is 0. The van der Waals surface area contributed by atoms with E-state index in [2.05, 4.69) is 42.2 Å².